The summed E-state index contributed by atoms with van der Waals surface area (Å²) in [6.07, 6.45) is 1.44. The number of nitrogens with one attached hydrogen (secondary N) is 1. The van der Waals surface area contributed by atoms with Crippen LogP contribution >= 0.6 is 43.6 Å². The zero-order chi connectivity index (χ0) is 20.3. The van der Waals surface area contributed by atoms with Gasteiger partial charge in [0.1, 0.15) is 10.6 Å². The van der Waals surface area contributed by atoms with Crippen molar-refractivity contribution in [1.29, 1.82) is 0 Å². The van der Waals surface area contributed by atoms with Gasteiger partial charge in [0.25, 0.3) is 0 Å². The number of rotatable bonds is 5. The Labute approximate surface area is 183 Å². The molecule has 11 heteroatoms. The highest BCUT2D eigenvalue weighted by Gasteiger charge is 2.25. The molecule has 7 nitrogen and oxygen atoms in total. The lowest BCUT2D eigenvalue weighted by molar-refractivity contribution is -0.118. The molecular formula is C17H13Br2N3O4S2. The Hall–Kier alpha value is -1.69. The second-order valence-corrected chi connectivity index (χ2v) is 10.2. The molecule has 1 atom stereocenters. The highest BCUT2D eigenvalue weighted by atomic mass is 79.9. The van der Waals surface area contributed by atoms with E-state index in [0.717, 1.165) is 0 Å². The number of hydrogen-bond acceptors (Lipinski definition) is 7. The van der Waals surface area contributed by atoms with Crippen molar-refractivity contribution < 1.29 is 17.4 Å². The van der Waals surface area contributed by atoms with Gasteiger partial charge in [-0.05, 0) is 58.7 Å². The lowest BCUT2D eigenvalue weighted by Gasteiger charge is -2.09. The minimum Gasteiger partial charge on any atom is -0.379 e. The highest BCUT2D eigenvalue weighted by Crippen LogP contribution is 2.28. The predicted octanol–water partition coefficient (Wildman–Crippen LogP) is 3.92. The fourth-order valence-electron chi connectivity index (χ4n) is 2.14. The molecule has 1 heterocycles. The van der Waals surface area contributed by atoms with Crippen LogP contribution in [0.3, 0.4) is 0 Å². The maximum atomic E-state index is 12.6. The van der Waals surface area contributed by atoms with Crippen molar-refractivity contribution in [3.05, 3.63) is 57.0 Å². The number of amides is 1. The molecule has 0 radical (unpaired) electrons. The lowest BCUT2D eigenvalue weighted by atomic mass is 10.2. The first kappa shape index (κ1) is 21.0. The molecule has 0 bridgehead atoms. The number of carbonyl (C=O) groups excluding carboxylic acids is 1. The van der Waals surface area contributed by atoms with Crippen molar-refractivity contribution in [3.63, 3.8) is 0 Å². The molecule has 1 amide bonds. The van der Waals surface area contributed by atoms with Crippen LogP contribution in [0.15, 0.2) is 66.5 Å². The Bertz CT molecular complexity index is 1090. The lowest BCUT2D eigenvalue weighted by Crippen LogP contribution is -2.23. The Morgan fingerprint density at radius 2 is 2.00 bits per heavy atom. The molecule has 3 rings (SSSR count). The summed E-state index contributed by atoms with van der Waals surface area (Å²) in [6, 6.07) is 11.2. The summed E-state index contributed by atoms with van der Waals surface area (Å²) in [5, 5.41) is 10.7. The molecule has 1 aliphatic rings. The van der Waals surface area contributed by atoms with Crippen molar-refractivity contribution in [2.45, 2.75) is 17.1 Å². The van der Waals surface area contributed by atoms with Crippen molar-refractivity contribution in [3.8, 4) is 5.75 Å². The predicted molar refractivity (Wildman–Crippen MR) is 116 cm³/mol. The highest BCUT2D eigenvalue weighted by molar-refractivity contribution is 9.11. The van der Waals surface area contributed by atoms with Gasteiger partial charge in [0, 0.05) is 8.95 Å². The standard InChI is InChI=1S/C17H13Br2N3O4S2/c1-10-16(23)21-17(27-10)22-20-9-11-3-2-4-13(7-11)26-28(24,25)15-8-12(18)5-6-14(15)19/h2-10H,1H3,(H,21,22,23). The Kier molecular flexibility index (Phi) is 6.58. The summed E-state index contributed by atoms with van der Waals surface area (Å²) < 4.78 is 31.4. The molecule has 2 aromatic carbocycles. The fraction of sp³-hybridized carbons (Fsp3) is 0.118. The molecule has 1 unspecified atom stereocenters. The van der Waals surface area contributed by atoms with Crippen LogP contribution in [-0.2, 0) is 14.9 Å². The van der Waals surface area contributed by atoms with Gasteiger partial charge in [-0.2, -0.15) is 13.5 Å². The number of hydrogen-bond donors (Lipinski definition) is 1. The minimum absolute atomic E-state index is 0.00969. The third kappa shape index (κ3) is 5.22. The first-order valence-corrected chi connectivity index (χ1v) is 11.7. The van der Waals surface area contributed by atoms with Gasteiger partial charge in [0.05, 0.1) is 11.5 Å². The number of nitrogens with zero attached hydrogens (tertiary/aromatic N) is 2. The summed E-state index contributed by atoms with van der Waals surface area (Å²) in [4.78, 5) is 11.4. The van der Waals surface area contributed by atoms with Crippen LogP contribution in [0.4, 0.5) is 0 Å². The minimum atomic E-state index is -4.03. The van der Waals surface area contributed by atoms with Crippen LogP contribution in [-0.4, -0.2) is 31.0 Å². The van der Waals surface area contributed by atoms with Crippen LogP contribution in [0.25, 0.3) is 0 Å². The maximum Gasteiger partial charge on any atom is 0.340 e. The largest absolute Gasteiger partial charge is 0.379 e. The molecular weight excluding hydrogens is 534 g/mol. The summed E-state index contributed by atoms with van der Waals surface area (Å²) in [5.74, 6) is 0.0268. The molecule has 28 heavy (non-hydrogen) atoms. The van der Waals surface area contributed by atoms with Crippen LogP contribution < -0.4 is 9.50 Å². The second-order valence-electron chi connectivity index (χ2n) is 5.58. The van der Waals surface area contributed by atoms with Crippen LogP contribution in [0.5, 0.6) is 5.75 Å². The van der Waals surface area contributed by atoms with E-state index >= 15 is 0 Å². The summed E-state index contributed by atoms with van der Waals surface area (Å²) in [7, 11) is -4.03. The molecule has 1 fully saturated rings. The Balaban J connectivity index is 1.76. The number of thioether (sulfide) groups is 1. The molecule has 1 aliphatic heterocycles. The molecule has 1 saturated heterocycles. The number of amidine groups is 1. The Morgan fingerprint density at radius 1 is 1.21 bits per heavy atom. The van der Waals surface area contributed by atoms with E-state index in [0.29, 0.717) is 19.7 Å². The van der Waals surface area contributed by atoms with E-state index in [1.165, 1.54) is 36.2 Å². The maximum absolute atomic E-state index is 12.6. The Morgan fingerprint density at radius 3 is 2.71 bits per heavy atom. The summed E-state index contributed by atoms with van der Waals surface area (Å²) in [6.45, 7) is 1.77. The van der Waals surface area contributed by atoms with Crippen molar-refractivity contribution in [2.24, 2.45) is 10.2 Å². The van der Waals surface area contributed by atoms with Gasteiger partial charge >= 0.3 is 10.1 Å². The van der Waals surface area contributed by atoms with Gasteiger partial charge in [-0.1, -0.05) is 39.8 Å². The third-order valence-corrected chi connectivity index (χ3v) is 7.18. The van der Waals surface area contributed by atoms with E-state index in [1.54, 1.807) is 31.2 Å². The first-order valence-electron chi connectivity index (χ1n) is 7.83. The van der Waals surface area contributed by atoms with E-state index in [9.17, 15) is 13.2 Å². The molecule has 1 N–H and O–H groups in total. The number of carbonyl (C=O) groups is 1. The molecule has 2 aromatic rings. The monoisotopic (exact) mass is 545 g/mol. The number of halogens is 2. The van der Waals surface area contributed by atoms with E-state index in [4.69, 9.17) is 4.18 Å². The molecule has 0 spiro atoms. The molecule has 146 valence electrons. The van der Waals surface area contributed by atoms with Gasteiger partial charge in [-0.25, -0.2) is 0 Å². The zero-order valence-corrected chi connectivity index (χ0v) is 19.1. The molecule has 0 saturated carbocycles. The van der Waals surface area contributed by atoms with Crippen molar-refractivity contribution >= 4 is 71.0 Å². The third-order valence-electron chi connectivity index (χ3n) is 3.47. The fourth-order valence-corrected chi connectivity index (χ4v) is 5.27. The summed E-state index contributed by atoms with van der Waals surface area (Å²) in [5.41, 5.74) is 0.590. The van der Waals surface area contributed by atoms with Gasteiger partial charge < -0.3 is 9.50 Å². The van der Waals surface area contributed by atoms with E-state index in [-0.39, 0.29) is 21.8 Å². The topological polar surface area (TPSA) is 97.2 Å². The number of benzene rings is 2. The molecule has 0 aromatic heterocycles. The average molecular weight is 547 g/mol. The smallest absolute Gasteiger partial charge is 0.340 e. The van der Waals surface area contributed by atoms with Gasteiger partial charge in [0.15, 0.2) is 5.17 Å². The SMILES string of the molecule is CC1S/C(=N/N=Cc2cccc(OS(=O)(=O)c3cc(Br)ccc3Br)c2)NC1=O. The zero-order valence-electron chi connectivity index (χ0n) is 14.3. The normalized spacial score (nSPS) is 18.6. The molecule has 0 aliphatic carbocycles. The average Bonchev–Trinajstić information content (AvgIpc) is 2.95. The van der Waals surface area contributed by atoms with Crippen LogP contribution in [0.1, 0.15) is 12.5 Å². The van der Waals surface area contributed by atoms with Crippen molar-refractivity contribution in [1.82, 2.24) is 5.32 Å². The van der Waals surface area contributed by atoms with Crippen LogP contribution in [0.2, 0.25) is 0 Å². The van der Waals surface area contributed by atoms with Gasteiger partial charge in [-0.15, -0.1) is 5.10 Å². The van der Waals surface area contributed by atoms with E-state index < -0.39 is 10.1 Å². The van der Waals surface area contributed by atoms with Gasteiger partial charge in [0.2, 0.25) is 5.91 Å². The van der Waals surface area contributed by atoms with Crippen molar-refractivity contribution in [2.75, 3.05) is 0 Å². The van der Waals surface area contributed by atoms with E-state index in [1.807, 2.05) is 0 Å². The van der Waals surface area contributed by atoms with Gasteiger partial charge in [-0.3, -0.25) is 4.79 Å². The second kappa shape index (κ2) is 8.76. The summed E-state index contributed by atoms with van der Waals surface area (Å²) >= 11 is 7.76. The quantitative estimate of drug-likeness (QED) is 0.348. The van der Waals surface area contributed by atoms with Crippen LogP contribution in [0, 0.1) is 0 Å². The van der Waals surface area contributed by atoms with E-state index in [2.05, 4.69) is 47.4 Å². The first-order chi connectivity index (χ1) is 13.2.